The zero-order chi connectivity index (χ0) is 14.3. The van der Waals surface area contributed by atoms with Crippen LogP contribution in [0.1, 0.15) is 24.2 Å². The zero-order valence-electron chi connectivity index (χ0n) is 10.7. The first kappa shape index (κ1) is 15.2. The van der Waals surface area contributed by atoms with Gasteiger partial charge in [-0.25, -0.2) is 9.78 Å². The van der Waals surface area contributed by atoms with Gasteiger partial charge in [0.25, 0.3) is 0 Å². The molecule has 0 aliphatic heterocycles. The van der Waals surface area contributed by atoms with Crippen LogP contribution in [0, 0.1) is 0 Å². The van der Waals surface area contributed by atoms with Gasteiger partial charge in [-0.2, -0.15) is 0 Å². The van der Waals surface area contributed by atoms with Crippen molar-refractivity contribution in [2.24, 2.45) is 0 Å². The summed E-state index contributed by atoms with van der Waals surface area (Å²) in [6.45, 7) is 3.92. The summed E-state index contributed by atoms with van der Waals surface area (Å²) in [5.41, 5.74) is 0.0660. The predicted octanol–water partition coefficient (Wildman–Crippen LogP) is 2.40. The van der Waals surface area contributed by atoms with Gasteiger partial charge in [0.1, 0.15) is 17.0 Å². The number of carbonyl (C=O) groups is 2. The topological polar surface area (TPSA) is 65.5 Å². The van der Waals surface area contributed by atoms with Crippen molar-refractivity contribution in [3.05, 3.63) is 40.9 Å². The van der Waals surface area contributed by atoms with E-state index in [9.17, 15) is 9.59 Å². The molecule has 102 valence electrons. The number of ketones is 1. The predicted molar refractivity (Wildman–Crippen MR) is 69.9 cm³/mol. The highest BCUT2D eigenvalue weighted by Gasteiger charge is 2.22. The molecule has 5 nitrogen and oxygen atoms in total. The Morgan fingerprint density at radius 2 is 2.05 bits per heavy atom. The van der Waals surface area contributed by atoms with Crippen LogP contribution in [0.2, 0.25) is 5.15 Å². The highest BCUT2D eigenvalue weighted by atomic mass is 35.5. The highest BCUT2D eigenvalue weighted by Crippen LogP contribution is 2.12. The number of rotatable bonds is 6. The maximum absolute atomic E-state index is 12.1. The molecule has 1 aromatic rings. The molecule has 6 heteroatoms. The SMILES string of the molecule is CCO/C=C(/C(=O)OCC)C(=O)c1ccc(Cl)nc1. The molecule has 0 atom stereocenters. The summed E-state index contributed by atoms with van der Waals surface area (Å²) in [5, 5.41) is 0.267. The van der Waals surface area contributed by atoms with Crippen LogP contribution in [0.15, 0.2) is 30.2 Å². The molecule has 0 saturated heterocycles. The van der Waals surface area contributed by atoms with Gasteiger partial charge in [0.2, 0.25) is 5.78 Å². The van der Waals surface area contributed by atoms with E-state index in [0.29, 0.717) is 6.61 Å². The van der Waals surface area contributed by atoms with Gasteiger partial charge >= 0.3 is 5.97 Å². The van der Waals surface area contributed by atoms with Crippen LogP contribution in [0.5, 0.6) is 0 Å². The van der Waals surface area contributed by atoms with E-state index < -0.39 is 11.8 Å². The molecule has 0 aliphatic rings. The smallest absolute Gasteiger partial charge is 0.345 e. The third kappa shape index (κ3) is 4.37. The van der Waals surface area contributed by atoms with Crippen molar-refractivity contribution in [1.82, 2.24) is 4.98 Å². The highest BCUT2D eigenvalue weighted by molar-refractivity contribution is 6.29. The first-order valence-corrected chi connectivity index (χ1v) is 6.13. The van der Waals surface area contributed by atoms with Crippen LogP contribution in [-0.4, -0.2) is 30.0 Å². The van der Waals surface area contributed by atoms with E-state index >= 15 is 0 Å². The normalized spacial score (nSPS) is 11.0. The van der Waals surface area contributed by atoms with E-state index in [2.05, 4.69) is 4.98 Å². The number of Topliss-reactive ketones (excluding diaryl/α,β-unsaturated/α-hetero) is 1. The fourth-order valence-electron chi connectivity index (χ4n) is 1.24. The molecule has 1 aromatic heterocycles. The average molecular weight is 284 g/mol. The minimum Gasteiger partial charge on any atom is -0.500 e. The summed E-state index contributed by atoms with van der Waals surface area (Å²) in [7, 11) is 0. The summed E-state index contributed by atoms with van der Waals surface area (Å²) < 4.78 is 9.81. The van der Waals surface area contributed by atoms with Crippen molar-refractivity contribution >= 4 is 23.4 Å². The lowest BCUT2D eigenvalue weighted by Gasteiger charge is -2.06. The first-order valence-electron chi connectivity index (χ1n) is 5.75. The lowest BCUT2D eigenvalue weighted by Crippen LogP contribution is -2.17. The second-order valence-electron chi connectivity index (χ2n) is 3.41. The Bertz CT molecular complexity index is 482. The standard InChI is InChI=1S/C13H14ClNO4/c1-3-18-8-10(13(17)19-4-2)12(16)9-5-6-11(14)15-7-9/h5-8H,3-4H2,1-2H3/b10-8+. The summed E-state index contributed by atoms with van der Waals surface area (Å²) in [4.78, 5) is 27.6. The van der Waals surface area contributed by atoms with Crippen LogP contribution in [0.3, 0.4) is 0 Å². The number of pyridine rings is 1. The second kappa shape index (κ2) is 7.53. The molecule has 0 fully saturated rings. The number of aromatic nitrogens is 1. The van der Waals surface area contributed by atoms with Crippen LogP contribution in [0.25, 0.3) is 0 Å². The Balaban J connectivity index is 3.00. The van der Waals surface area contributed by atoms with Gasteiger partial charge in [0.05, 0.1) is 13.2 Å². The molecule has 1 heterocycles. The molecule has 0 bridgehead atoms. The third-order valence-corrected chi connectivity index (χ3v) is 2.32. The third-order valence-electron chi connectivity index (χ3n) is 2.10. The molecule has 0 radical (unpaired) electrons. The Kier molecular flexibility index (Phi) is 6.02. The molecule has 0 N–H and O–H groups in total. The Hall–Kier alpha value is -1.88. The van der Waals surface area contributed by atoms with Crippen molar-refractivity contribution in [2.45, 2.75) is 13.8 Å². The molecule has 0 aromatic carbocycles. The van der Waals surface area contributed by atoms with Gasteiger partial charge in [0.15, 0.2) is 0 Å². The molecule has 0 saturated carbocycles. The summed E-state index contributed by atoms with van der Waals surface area (Å²) in [6, 6.07) is 2.95. The Morgan fingerprint density at radius 3 is 2.58 bits per heavy atom. The fraction of sp³-hybridized carbons (Fsp3) is 0.308. The average Bonchev–Trinajstić information content (AvgIpc) is 2.40. The van der Waals surface area contributed by atoms with Crippen molar-refractivity contribution in [1.29, 1.82) is 0 Å². The molecular weight excluding hydrogens is 270 g/mol. The summed E-state index contributed by atoms with van der Waals surface area (Å²) in [5.74, 6) is -1.24. The van der Waals surface area contributed by atoms with E-state index in [4.69, 9.17) is 21.1 Å². The van der Waals surface area contributed by atoms with E-state index in [0.717, 1.165) is 6.26 Å². The molecule has 0 aliphatic carbocycles. The zero-order valence-corrected chi connectivity index (χ0v) is 11.4. The molecule has 19 heavy (non-hydrogen) atoms. The number of nitrogens with zero attached hydrogens (tertiary/aromatic N) is 1. The Morgan fingerprint density at radius 1 is 1.32 bits per heavy atom. The van der Waals surface area contributed by atoms with Gasteiger partial charge in [-0.1, -0.05) is 11.6 Å². The van der Waals surface area contributed by atoms with E-state index in [1.165, 1.54) is 18.3 Å². The minimum atomic E-state index is -0.726. The molecule has 0 spiro atoms. The van der Waals surface area contributed by atoms with Crippen molar-refractivity contribution in [3.63, 3.8) is 0 Å². The molecule has 0 unspecified atom stereocenters. The summed E-state index contributed by atoms with van der Waals surface area (Å²) in [6.07, 6.45) is 2.40. The molecular formula is C13H14ClNO4. The van der Waals surface area contributed by atoms with Gasteiger partial charge in [-0.3, -0.25) is 4.79 Å². The lowest BCUT2D eigenvalue weighted by molar-refractivity contribution is -0.138. The first-order chi connectivity index (χ1) is 9.10. The van der Waals surface area contributed by atoms with E-state index in [-0.39, 0.29) is 22.9 Å². The van der Waals surface area contributed by atoms with Crippen LogP contribution >= 0.6 is 11.6 Å². The number of esters is 1. The van der Waals surface area contributed by atoms with E-state index in [1.54, 1.807) is 13.8 Å². The van der Waals surface area contributed by atoms with Gasteiger partial charge in [-0.15, -0.1) is 0 Å². The van der Waals surface area contributed by atoms with Crippen molar-refractivity contribution in [2.75, 3.05) is 13.2 Å². The monoisotopic (exact) mass is 283 g/mol. The number of carbonyl (C=O) groups excluding carboxylic acids is 2. The molecule has 1 rings (SSSR count). The number of halogens is 1. The van der Waals surface area contributed by atoms with Crippen molar-refractivity contribution < 1.29 is 19.1 Å². The maximum atomic E-state index is 12.1. The van der Waals surface area contributed by atoms with Crippen molar-refractivity contribution in [3.8, 4) is 0 Å². The maximum Gasteiger partial charge on any atom is 0.345 e. The summed E-state index contributed by atoms with van der Waals surface area (Å²) >= 11 is 5.64. The lowest BCUT2D eigenvalue weighted by atomic mass is 10.1. The van der Waals surface area contributed by atoms with Crippen LogP contribution in [0.4, 0.5) is 0 Å². The van der Waals surface area contributed by atoms with Crippen LogP contribution in [-0.2, 0) is 14.3 Å². The van der Waals surface area contributed by atoms with Gasteiger partial charge < -0.3 is 9.47 Å². The number of ether oxygens (including phenoxy) is 2. The van der Waals surface area contributed by atoms with Gasteiger partial charge in [0, 0.05) is 11.8 Å². The fourth-order valence-corrected chi connectivity index (χ4v) is 1.35. The second-order valence-corrected chi connectivity index (χ2v) is 3.79. The van der Waals surface area contributed by atoms with Crippen LogP contribution < -0.4 is 0 Å². The van der Waals surface area contributed by atoms with Gasteiger partial charge in [-0.05, 0) is 26.0 Å². The minimum absolute atomic E-state index is 0.173. The molecule has 0 amide bonds. The Labute approximate surface area is 116 Å². The largest absolute Gasteiger partial charge is 0.500 e. The number of hydrogen-bond acceptors (Lipinski definition) is 5. The quantitative estimate of drug-likeness (QED) is 0.153. The number of hydrogen-bond donors (Lipinski definition) is 0. The van der Waals surface area contributed by atoms with E-state index in [1.807, 2.05) is 0 Å².